The highest BCUT2D eigenvalue weighted by molar-refractivity contribution is 6.31. The molecule has 1 aromatic rings. The first kappa shape index (κ1) is 17.5. The Balaban J connectivity index is 2.18. The highest BCUT2D eigenvalue weighted by atomic mass is 35.5. The first-order valence-corrected chi connectivity index (χ1v) is 8.25. The van der Waals surface area contributed by atoms with Crippen molar-refractivity contribution in [2.24, 2.45) is 0 Å². The molecule has 1 fully saturated rings. The van der Waals surface area contributed by atoms with E-state index in [0.717, 1.165) is 12.8 Å². The Bertz CT molecular complexity index is 806. The maximum atomic E-state index is 14.5. The maximum Gasteiger partial charge on any atom is 0.337 e. The van der Waals surface area contributed by atoms with Gasteiger partial charge in [0.15, 0.2) is 0 Å². The summed E-state index contributed by atoms with van der Waals surface area (Å²) in [5, 5.41) is 12.6. The van der Waals surface area contributed by atoms with Crippen LogP contribution >= 0.6 is 11.6 Å². The molecule has 1 atom stereocenters. The molecular formula is C18H17ClFNO4. The lowest BCUT2D eigenvalue weighted by molar-refractivity contribution is -0.140. The molecule has 0 radical (unpaired) electrons. The molecule has 1 saturated carbocycles. The molecule has 0 saturated heterocycles. The summed E-state index contributed by atoms with van der Waals surface area (Å²) < 4.78 is 19.9. The summed E-state index contributed by atoms with van der Waals surface area (Å²) in [7, 11) is 0. The van der Waals surface area contributed by atoms with Gasteiger partial charge in [0.1, 0.15) is 11.9 Å². The van der Waals surface area contributed by atoms with Crippen LogP contribution in [-0.4, -0.2) is 23.1 Å². The molecule has 0 aromatic heterocycles. The average molecular weight is 366 g/mol. The summed E-state index contributed by atoms with van der Waals surface area (Å²) in [6.45, 7) is 3.20. The average Bonchev–Trinajstić information content (AvgIpc) is 3.29. The number of ether oxygens (including phenoxy) is 1. The number of halogens is 2. The standard InChI is InChI=1S/C18H17ClFNO4/c1-8-13(17(22)23)16(15-11(19)4-3-5-12(15)20)14(9(2)21-8)18(24)25-10-6-7-10/h3-5,10,16,21H,6-7H2,1-2H3,(H,22,23). The van der Waals surface area contributed by atoms with Gasteiger partial charge in [-0.2, -0.15) is 0 Å². The summed E-state index contributed by atoms with van der Waals surface area (Å²) in [5.74, 6) is -3.71. The Morgan fingerprint density at radius 3 is 2.44 bits per heavy atom. The van der Waals surface area contributed by atoms with E-state index >= 15 is 0 Å². The molecule has 1 aromatic carbocycles. The second-order valence-corrected chi connectivity index (χ2v) is 6.59. The third-order valence-corrected chi connectivity index (χ3v) is 4.63. The number of aliphatic carboxylic acids is 1. The minimum absolute atomic E-state index is 0.0375. The fourth-order valence-electron chi connectivity index (χ4n) is 3.02. The van der Waals surface area contributed by atoms with Gasteiger partial charge in [0, 0.05) is 22.0 Å². The normalized spacial score (nSPS) is 20.4. The van der Waals surface area contributed by atoms with Gasteiger partial charge < -0.3 is 15.2 Å². The van der Waals surface area contributed by atoms with E-state index in [1.54, 1.807) is 13.8 Å². The van der Waals surface area contributed by atoms with E-state index in [0.29, 0.717) is 11.4 Å². The molecule has 1 heterocycles. The summed E-state index contributed by atoms with van der Waals surface area (Å²) in [6.07, 6.45) is 1.39. The van der Waals surface area contributed by atoms with Crippen LogP contribution < -0.4 is 5.32 Å². The van der Waals surface area contributed by atoms with Crippen molar-refractivity contribution in [1.82, 2.24) is 5.32 Å². The van der Waals surface area contributed by atoms with Gasteiger partial charge in [-0.1, -0.05) is 17.7 Å². The highest BCUT2D eigenvalue weighted by Crippen LogP contribution is 2.43. The minimum atomic E-state index is -1.25. The molecule has 0 amide bonds. The van der Waals surface area contributed by atoms with E-state index in [1.165, 1.54) is 18.2 Å². The van der Waals surface area contributed by atoms with Gasteiger partial charge in [0.2, 0.25) is 0 Å². The van der Waals surface area contributed by atoms with Crippen molar-refractivity contribution in [1.29, 1.82) is 0 Å². The second kappa shape index (κ2) is 6.52. The van der Waals surface area contributed by atoms with Crippen LogP contribution in [-0.2, 0) is 14.3 Å². The van der Waals surface area contributed by atoms with Crippen molar-refractivity contribution in [3.05, 3.63) is 57.1 Å². The van der Waals surface area contributed by atoms with Gasteiger partial charge in [-0.25, -0.2) is 14.0 Å². The second-order valence-electron chi connectivity index (χ2n) is 6.18. The lowest BCUT2D eigenvalue weighted by atomic mass is 9.80. The number of benzene rings is 1. The highest BCUT2D eigenvalue weighted by Gasteiger charge is 2.41. The van der Waals surface area contributed by atoms with Crippen LogP contribution in [0.25, 0.3) is 0 Å². The third kappa shape index (κ3) is 3.26. The topological polar surface area (TPSA) is 75.6 Å². The fourth-order valence-corrected chi connectivity index (χ4v) is 3.30. The SMILES string of the molecule is CC1=C(C(=O)O)C(c2c(F)cccc2Cl)C(C(=O)OC2CC2)=C(C)N1. The van der Waals surface area contributed by atoms with E-state index in [-0.39, 0.29) is 27.8 Å². The summed E-state index contributed by atoms with van der Waals surface area (Å²) in [5.41, 5.74) is 0.668. The fraction of sp³-hybridized carbons (Fsp3) is 0.333. The van der Waals surface area contributed by atoms with Crippen LogP contribution in [0.2, 0.25) is 5.02 Å². The Labute approximate surface area is 149 Å². The molecule has 5 nitrogen and oxygen atoms in total. The maximum absolute atomic E-state index is 14.5. The zero-order valence-corrected chi connectivity index (χ0v) is 14.5. The molecule has 7 heteroatoms. The number of esters is 1. The number of allylic oxidation sites excluding steroid dienone is 2. The molecular weight excluding hydrogens is 349 g/mol. The monoisotopic (exact) mass is 365 g/mol. The molecule has 1 aliphatic heterocycles. The molecule has 132 valence electrons. The largest absolute Gasteiger partial charge is 0.478 e. The molecule has 3 rings (SSSR count). The Hall–Kier alpha value is -2.34. The first-order chi connectivity index (χ1) is 11.8. The number of hydrogen-bond donors (Lipinski definition) is 2. The number of carbonyl (C=O) groups excluding carboxylic acids is 1. The van der Waals surface area contributed by atoms with E-state index in [9.17, 15) is 19.1 Å². The first-order valence-electron chi connectivity index (χ1n) is 7.88. The van der Waals surface area contributed by atoms with Crippen molar-refractivity contribution < 1.29 is 23.8 Å². The predicted octanol–water partition coefficient (Wildman–Crippen LogP) is 3.50. The van der Waals surface area contributed by atoms with Crippen LogP contribution in [0.4, 0.5) is 4.39 Å². The molecule has 0 bridgehead atoms. The number of carbonyl (C=O) groups is 2. The Morgan fingerprint density at radius 1 is 1.24 bits per heavy atom. The minimum Gasteiger partial charge on any atom is -0.478 e. The van der Waals surface area contributed by atoms with Crippen LogP contribution in [0.15, 0.2) is 40.7 Å². The van der Waals surface area contributed by atoms with Crippen LogP contribution in [0.1, 0.15) is 38.2 Å². The molecule has 0 spiro atoms. The summed E-state index contributed by atoms with van der Waals surface area (Å²) in [6, 6.07) is 4.09. The Kier molecular flexibility index (Phi) is 4.56. The molecule has 2 aliphatic rings. The van der Waals surface area contributed by atoms with Crippen LogP contribution in [0.5, 0.6) is 0 Å². The number of dihydropyridines is 1. The van der Waals surface area contributed by atoms with Gasteiger partial charge in [0.25, 0.3) is 0 Å². The molecule has 1 aliphatic carbocycles. The number of hydrogen-bond acceptors (Lipinski definition) is 4. The number of nitrogens with one attached hydrogen (secondary N) is 1. The van der Waals surface area contributed by atoms with Gasteiger partial charge in [-0.05, 0) is 38.8 Å². The third-order valence-electron chi connectivity index (χ3n) is 4.30. The number of carboxylic acid groups (broad SMARTS) is 1. The smallest absolute Gasteiger partial charge is 0.337 e. The zero-order chi connectivity index (χ0) is 18.3. The van der Waals surface area contributed by atoms with Gasteiger partial charge in [0.05, 0.1) is 17.1 Å². The predicted molar refractivity (Wildman–Crippen MR) is 89.4 cm³/mol. The van der Waals surface area contributed by atoms with Crippen molar-refractivity contribution in [2.45, 2.75) is 38.7 Å². The van der Waals surface area contributed by atoms with Crippen molar-refractivity contribution in [3.63, 3.8) is 0 Å². The summed E-state index contributed by atoms with van der Waals surface area (Å²) in [4.78, 5) is 24.5. The van der Waals surface area contributed by atoms with Gasteiger partial charge in [-0.15, -0.1) is 0 Å². The van der Waals surface area contributed by atoms with E-state index in [2.05, 4.69) is 5.32 Å². The lowest BCUT2D eigenvalue weighted by Gasteiger charge is -2.30. The van der Waals surface area contributed by atoms with Crippen molar-refractivity contribution in [3.8, 4) is 0 Å². The van der Waals surface area contributed by atoms with Crippen LogP contribution in [0, 0.1) is 5.82 Å². The van der Waals surface area contributed by atoms with E-state index in [1.807, 2.05) is 0 Å². The van der Waals surface area contributed by atoms with Gasteiger partial charge >= 0.3 is 11.9 Å². The van der Waals surface area contributed by atoms with Crippen molar-refractivity contribution >= 4 is 23.5 Å². The quantitative estimate of drug-likeness (QED) is 0.799. The number of carboxylic acids is 1. The summed E-state index contributed by atoms with van der Waals surface area (Å²) >= 11 is 6.17. The zero-order valence-electron chi connectivity index (χ0n) is 13.7. The molecule has 2 N–H and O–H groups in total. The molecule has 25 heavy (non-hydrogen) atoms. The van der Waals surface area contributed by atoms with Gasteiger partial charge in [-0.3, -0.25) is 0 Å². The number of rotatable bonds is 4. The van der Waals surface area contributed by atoms with E-state index in [4.69, 9.17) is 16.3 Å². The van der Waals surface area contributed by atoms with Crippen LogP contribution in [0.3, 0.4) is 0 Å². The van der Waals surface area contributed by atoms with Crippen molar-refractivity contribution in [2.75, 3.05) is 0 Å². The van der Waals surface area contributed by atoms with E-state index < -0.39 is 23.7 Å². The lowest BCUT2D eigenvalue weighted by Crippen LogP contribution is -2.32. The Morgan fingerprint density at radius 2 is 1.88 bits per heavy atom. The molecule has 1 unspecified atom stereocenters.